The average molecular weight is 522 g/mol. The molecule has 1 amide bonds. The number of nitrogens with one attached hydrogen (secondary N) is 1. The van der Waals surface area contributed by atoms with Crippen LogP contribution in [0, 0.1) is 0 Å². The predicted molar refractivity (Wildman–Crippen MR) is 134 cm³/mol. The number of aromatic nitrogens is 3. The van der Waals surface area contributed by atoms with Crippen LogP contribution in [-0.2, 0) is 4.79 Å². The van der Waals surface area contributed by atoms with Gasteiger partial charge >= 0.3 is 0 Å². The second kappa shape index (κ2) is 10.5. The normalized spacial score (nSPS) is 11.4. The lowest BCUT2D eigenvalue weighted by Gasteiger charge is -2.10. The van der Waals surface area contributed by atoms with Crippen molar-refractivity contribution in [1.82, 2.24) is 20.2 Å². The van der Waals surface area contributed by atoms with Crippen LogP contribution in [0.2, 0.25) is 0 Å². The summed E-state index contributed by atoms with van der Waals surface area (Å²) in [5.41, 5.74) is 5.70. The summed E-state index contributed by atoms with van der Waals surface area (Å²) < 4.78 is 2.90. The first-order chi connectivity index (χ1) is 16.0. The van der Waals surface area contributed by atoms with Crippen LogP contribution in [0.5, 0.6) is 5.75 Å². The van der Waals surface area contributed by atoms with Crippen molar-refractivity contribution < 1.29 is 9.90 Å². The standard InChI is InChI=1S/C24H20BrN5O2S/c1-16(18-8-5-9-21(31)14-18)26-27-22(32)15-33-24-29-28-23(17-6-3-2-4-7-17)30(24)20-12-10-19(25)11-13-20/h2-14,31H,15H2,1H3,(H,27,32)/b26-16+. The maximum atomic E-state index is 12.4. The predicted octanol–water partition coefficient (Wildman–Crippen LogP) is 5.03. The fourth-order valence-electron chi connectivity index (χ4n) is 3.06. The number of thioether (sulfide) groups is 1. The first-order valence-electron chi connectivity index (χ1n) is 10.0. The van der Waals surface area contributed by atoms with Crippen LogP contribution in [0.3, 0.4) is 0 Å². The number of phenolic OH excluding ortho intramolecular Hbond substituents is 1. The topological polar surface area (TPSA) is 92.4 Å². The SMILES string of the molecule is C/C(=N\NC(=O)CSc1nnc(-c2ccccc2)n1-c1ccc(Br)cc1)c1cccc(O)c1. The molecule has 1 aromatic heterocycles. The van der Waals surface area contributed by atoms with Gasteiger partial charge in [0.2, 0.25) is 0 Å². The number of benzene rings is 3. The van der Waals surface area contributed by atoms with Crippen molar-refractivity contribution in [1.29, 1.82) is 0 Å². The number of hydrogen-bond donors (Lipinski definition) is 2. The van der Waals surface area contributed by atoms with E-state index in [0.717, 1.165) is 21.3 Å². The van der Waals surface area contributed by atoms with Crippen LogP contribution in [0.15, 0.2) is 93.6 Å². The molecule has 4 rings (SSSR count). The van der Waals surface area contributed by atoms with Crippen LogP contribution in [-0.4, -0.2) is 37.2 Å². The Balaban J connectivity index is 1.52. The van der Waals surface area contributed by atoms with Crippen molar-refractivity contribution in [3.05, 3.63) is 88.9 Å². The molecule has 9 heteroatoms. The highest BCUT2D eigenvalue weighted by Gasteiger charge is 2.17. The number of carbonyl (C=O) groups excluding carboxylic acids is 1. The van der Waals surface area contributed by atoms with Gasteiger partial charge in [-0.3, -0.25) is 9.36 Å². The highest BCUT2D eigenvalue weighted by atomic mass is 79.9. The highest BCUT2D eigenvalue weighted by molar-refractivity contribution is 9.10. The van der Waals surface area contributed by atoms with E-state index >= 15 is 0 Å². The molecule has 1 heterocycles. The number of hydrogen-bond acceptors (Lipinski definition) is 6. The molecule has 0 spiro atoms. The zero-order chi connectivity index (χ0) is 23.2. The van der Waals surface area contributed by atoms with E-state index in [2.05, 4.69) is 36.7 Å². The Hall–Kier alpha value is -3.43. The van der Waals surface area contributed by atoms with Crippen molar-refractivity contribution >= 4 is 39.3 Å². The monoisotopic (exact) mass is 521 g/mol. The van der Waals surface area contributed by atoms with E-state index < -0.39 is 0 Å². The van der Waals surface area contributed by atoms with Gasteiger partial charge in [0.05, 0.1) is 11.5 Å². The van der Waals surface area contributed by atoms with Crippen molar-refractivity contribution in [3.8, 4) is 22.8 Å². The van der Waals surface area contributed by atoms with E-state index in [-0.39, 0.29) is 17.4 Å². The number of amides is 1. The number of aromatic hydroxyl groups is 1. The van der Waals surface area contributed by atoms with Gasteiger partial charge in [0.1, 0.15) is 5.75 Å². The van der Waals surface area contributed by atoms with Crippen molar-refractivity contribution in [2.24, 2.45) is 5.10 Å². The van der Waals surface area contributed by atoms with E-state index in [4.69, 9.17) is 0 Å². The average Bonchev–Trinajstić information content (AvgIpc) is 3.26. The minimum atomic E-state index is -0.272. The third-order valence-electron chi connectivity index (χ3n) is 4.69. The summed E-state index contributed by atoms with van der Waals surface area (Å²) in [6, 6.07) is 24.3. The lowest BCUT2D eigenvalue weighted by molar-refractivity contribution is -0.118. The molecule has 0 radical (unpaired) electrons. The van der Waals surface area contributed by atoms with Gasteiger partial charge in [0.15, 0.2) is 11.0 Å². The van der Waals surface area contributed by atoms with Gasteiger partial charge in [-0.25, -0.2) is 5.43 Å². The van der Waals surface area contributed by atoms with Gasteiger partial charge in [-0.05, 0) is 43.3 Å². The second-order valence-electron chi connectivity index (χ2n) is 7.06. The second-order valence-corrected chi connectivity index (χ2v) is 8.91. The van der Waals surface area contributed by atoms with Crippen molar-refractivity contribution in [2.75, 3.05) is 5.75 Å². The number of nitrogens with zero attached hydrogens (tertiary/aromatic N) is 4. The van der Waals surface area contributed by atoms with Crippen molar-refractivity contribution in [2.45, 2.75) is 12.1 Å². The molecular weight excluding hydrogens is 502 g/mol. The molecule has 3 aromatic carbocycles. The van der Waals surface area contributed by atoms with Gasteiger partial charge in [0, 0.05) is 21.3 Å². The molecule has 0 saturated heterocycles. The van der Waals surface area contributed by atoms with Crippen LogP contribution in [0.1, 0.15) is 12.5 Å². The van der Waals surface area contributed by atoms with Gasteiger partial charge in [0.25, 0.3) is 5.91 Å². The highest BCUT2D eigenvalue weighted by Crippen LogP contribution is 2.28. The molecule has 0 aliphatic carbocycles. The van der Waals surface area contributed by atoms with Gasteiger partial charge in [-0.1, -0.05) is 70.2 Å². The lowest BCUT2D eigenvalue weighted by atomic mass is 10.1. The molecular formula is C24H20BrN5O2S. The molecule has 4 aromatic rings. The van der Waals surface area contributed by atoms with E-state index in [0.29, 0.717) is 16.7 Å². The maximum absolute atomic E-state index is 12.4. The Morgan fingerprint density at radius 3 is 2.55 bits per heavy atom. The summed E-state index contributed by atoms with van der Waals surface area (Å²) in [6.45, 7) is 1.76. The molecule has 0 aliphatic heterocycles. The van der Waals surface area contributed by atoms with Crippen LogP contribution in [0.4, 0.5) is 0 Å². The molecule has 33 heavy (non-hydrogen) atoms. The van der Waals surface area contributed by atoms with Gasteiger partial charge in [-0.2, -0.15) is 5.10 Å². The number of hydrazone groups is 1. The molecule has 2 N–H and O–H groups in total. The summed E-state index contributed by atoms with van der Waals surface area (Å²) in [4.78, 5) is 12.4. The number of rotatable bonds is 7. The van der Waals surface area contributed by atoms with Crippen molar-refractivity contribution in [3.63, 3.8) is 0 Å². The summed E-state index contributed by atoms with van der Waals surface area (Å²) in [6.07, 6.45) is 0. The molecule has 0 atom stereocenters. The third-order valence-corrected chi connectivity index (χ3v) is 6.15. The number of carbonyl (C=O) groups is 1. The Kier molecular flexibility index (Phi) is 7.21. The Bertz CT molecular complexity index is 1290. The molecule has 7 nitrogen and oxygen atoms in total. The van der Waals surface area contributed by atoms with E-state index in [9.17, 15) is 9.90 Å². The lowest BCUT2D eigenvalue weighted by Crippen LogP contribution is -2.21. The molecule has 166 valence electrons. The van der Waals surface area contributed by atoms with Crippen LogP contribution >= 0.6 is 27.7 Å². The van der Waals surface area contributed by atoms with Crippen LogP contribution in [0.25, 0.3) is 17.1 Å². The first-order valence-corrected chi connectivity index (χ1v) is 11.8. The quantitative estimate of drug-likeness (QED) is 0.202. The molecule has 0 unspecified atom stereocenters. The number of phenols is 1. The molecule has 0 aliphatic rings. The summed E-state index contributed by atoms with van der Waals surface area (Å²) in [5.74, 6) is 0.676. The van der Waals surface area contributed by atoms with Gasteiger partial charge in [-0.15, -0.1) is 10.2 Å². The Morgan fingerprint density at radius 1 is 1.06 bits per heavy atom. The van der Waals surface area contributed by atoms with Gasteiger partial charge < -0.3 is 5.11 Å². The van der Waals surface area contributed by atoms with Crippen LogP contribution < -0.4 is 5.43 Å². The Morgan fingerprint density at radius 2 is 1.82 bits per heavy atom. The fraction of sp³-hybridized carbons (Fsp3) is 0.0833. The summed E-state index contributed by atoms with van der Waals surface area (Å²) in [7, 11) is 0. The summed E-state index contributed by atoms with van der Waals surface area (Å²) >= 11 is 4.74. The van der Waals surface area contributed by atoms with E-state index in [1.807, 2.05) is 65.2 Å². The maximum Gasteiger partial charge on any atom is 0.250 e. The summed E-state index contributed by atoms with van der Waals surface area (Å²) in [5, 5.41) is 23.1. The zero-order valence-corrected chi connectivity index (χ0v) is 20.0. The zero-order valence-electron chi connectivity index (χ0n) is 17.6. The smallest absolute Gasteiger partial charge is 0.250 e. The fourth-order valence-corrected chi connectivity index (χ4v) is 4.07. The number of halogens is 1. The Labute approximate surface area is 203 Å². The first kappa shape index (κ1) is 22.8. The largest absolute Gasteiger partial charge is 0.508 e. The van der Waals surface area contributed by atoms with E-state index in [1.54, 1.807) is 25.1 Å². The molecule has 0 saturated carbocycles. The molecule has 0 bridgehead atoms. The van der Waals surface area contributed by atoms with E-state index in [1.165, 1.54) is 11.8 Å². The minimum absolute atomic E-state index is 0.111. The molecule has 0 fully saturated rings. The minimum Gasteiger partial charge on any atom is -0.508 e. The third kappa shape index (κ3) is 5.68.